The van der Waals surface area contributed by atoms with Crippen LogP contribution in [0.25, 0.3) is 0 Å². The van der Waals surface area contributed by atoms with Gasteiger partial charge < -0.3 is 9.64 Å². The van der Waals surface area contributed by atoms with Crippen molar-refractivity contribution >= 4 is 23.7 Å². The Morgan fingerprint density at radius 1 is 1.50 bits per heavy atom. The number of rotatable bonds is 5. The maximum atomic E-state index is 10.9. The Balaban J connectivity index is 3.25. The van der Waals surface area contributed by atoms with E-state index in [0.29, 0.717) is 16.5 Å². The lowest BCUT2D eigenvalue weighted by atomic mass is 10.0. The third kappa shape index (κ3) is 3.26. The van der Waals surface area contributed by atoms with Gasteiger partial charge in [-0.25, -0.2) is 0 Å². The molecule has 0 heterocycles. The first kappa shape index (κ1) is 14.6. The summed E-state index contributed by atoms with van der Waals surface area (Å²) in [5.41, 5.74) is 2.97. The minimum Gasteiger partial charge on any atom is -0.495 e. The molecule has 0 unspecified atom stereocenters. The van der Waals surface area contributed by atoms with Crippen molar-refractivity contribution < 1.29 is 9.53 Å². The molecule has 4 heteroatoms. The van der Waals surface area contributed by atoms with E-state index in [1.54, 1.807) is 14.2 Å². The Labute approximate surface area is 113 Å². The van der Waals surface area contributed by atoms with E-state index in [0.717, 1.165) is 18.4 Å². The molecular formula is C14H18ClNO2. The smallest absolute Gasteiger partial charge is 0.213 e. The Hall–Kier alpha value is -1.48. The van der Waals surface area contributed by atoms with Crippen molar-refractivity contribution in [3.63, 3.8) is 0 Å². The van der Waals surface area contributed by atoms with E-state index in [4.69, 9.17) is 16.3 Å². The van der Waals surface area contributed by atoms with Gasteiger partial charge in [-0.1, -0.05) is 23.3 Å². The first-order valence-corrected chi connectivity index (χ1v) is 6.07. The summed E-state index contributed by atoms with van der Waals surface area (Å²) < 4.78 is 5.24. The van der Waals surface area contributed by atoms with Crippen LogP contribution in [-0.4, -0.2) is 20.6 Å². The molecule has 0 N–H and O–H groups in total. The first-order chi connectivity index (χ1) is 8.53. The summed E-state index contributed by atoms with van der Waals surface area (Å²) in [7, 11) is 3.23. The molecule has 0 aromatic heterocycles. The third-order valence-electron chi connectivity index (χ3n) is 2.81. The van der Waals surface area contributed by atoms with Gasteiger partial charge in [0.1, 0.15) is 10.8 Å². The number of ether oxygens (including phenoxy) is 1. The van der Waals surface area contributed by atoms with Crippen LogP contribution in [0.4, 0.5) is 5.69 Å². The van der Waals surface area contributed by atoms with Gasteiger partial charge in [-0.2, -0.15) is 0 Å². The van der Waals surface area contributed by atoms with Gasteiger partial charge in [-0.15, -0.1) is 0 Å². The number of carbonyl (C=O) groups is 1. The number of nitrogens with zero attached hydrogens (tertiary/aromatic N) is 1. The molecule has 0 aliphatic carbocycles. The van der Waals surface area contributed by atoms with Crippen molar-refractivity contribution in [1.82, 2.24) is 0 Å². The number of carbonyl (C=O) groups excluding carboxylic acids is 1. The topological polar surface area (TPSA) is 29.5 Å². The zero-order valence-electron chi connectivity index (χ0n) is 11.2. The zero-order chi connectivity index (χ0) is 13.7. The number of benzene rings is 1. The molecule has 1 amide bonds. The van der Waals surface area contributed by atoms with Gasteiger partial charge in [-0.05, 0) is 38.0 Å². The second-order valence-corrected chi connectivity index (χ2v) is 4.54. The van der Waals surface area contributed by atoms with Crippen molar-refractivity contribution in [3.05, 3.63) is 34.4 Å². The number of halogens is 1. The molecule has 0 atom stereocenters. The highest BCUT2D eigenvalue weighted by Crippen LogP contribution is 2.35. The standard InChI is InChI=1S/C14H18ClNO2/c1-5-10(2)6-11-7-12(16(3)9-17)14(15)13(8-11)18-4/h5,7-9H,6H2,1-4H3. The van der Waals surface area contributed by atoms with Gasteiger partial charge in [0.15, 0.2) is 0 Å². The van der Waals surface area contributed by atoms with Crippen molar-refractivity contribution in [1.29, 1.82) is 0 Å². The minimum atomic E-state index is 0.453. The zero-order valence-corrected chi connectivity index (χ0v) is 11.9. The van der Waals surface area contributed by atoms with Crippen molar-refractivity contribution in [2.45, 2.75) is 20.3 Å². The van der Waals surface area contributed by atoms with Gasteiger partial charge in [-0.3, -0.25) is 4.79 Å². The molecule has 1 aromatic rings. The fourth-order valence-corrected chi connectivity index (χ4v) is 1.95. The number of allylic oxidation sites excluding steroid dienone is 2. The molecular weight excluding hydrogens is 250 g/mol. The lowest BCUT2D eigenvalue weighted by molar-refractivity contribution is -0.107. The lowest BCUT2D eigenvalue weighted by Crippen LogP contribution is -2.14. The molecule has 0 saturated heterocycles. The SMILES string of the molecule is CC=C(C)Cc1cc(OC)c(Cl)c(N(C)C=O)c1. The van der Waals surface area contributed by atoms with Crippen molar-refractivity contribution in [3.8, 4) is 5.75 Å². The number of hydrogen-bond acceptors (Lipinski definition) is 2. The van der Waals surface area contributed by atoms with E-state index in [1.807, 2.05) is 19.1 Å². The molecule has 0 bridgehead atoms. The van der Waals surface area contributed by atoms with E-state index in [2.05, 4.69) is 13.0 Å². The molecule has 3 nitrogen and oxygen atoms in total. The summed E-state index contributed by atoms with van der Waals surface area (Å²) >= 11 is 6.18. The summed E-state index contributed by atoms with van der Waals surface area (Å²) in [6.07, 6.45) is 3.60. The van der Waals surface area contributed by atoms with Gasteiger partial charge >= 0.3 is 0 Å². The van der Waals surface area contributed by atoms with Crippen LogP contribution in [0.15, 0.2) is 23.8 Å². The van der Waals surface area contributed by atoms with Gasteiger partial charge in [0, 0.05) is 7.05 Å². The predicted molar refractivity (Wildman–Crippen MR) is 75.6 cm³/mol. The molecule has 98 valence electrons. The molecule has 0 spiro atoms. The number of anilines is 1. The molecule has 18 heavy (non-hydrogen) atoms. The Morgan fingerprint density at radius 2 is 2.17 bits per heavy atom. The van der Waals surface area contributed by atoms with E-state index >= 15 is 0 Å². The third-order valence-corrected chi connectivity index (χ3v) is 3.19. The molecule has 0 fully saturated rings. The van der Waals surface area contributed by atoms with Crippen LogP contribution in [0, 0.1) is 0 Å². The highest BCUT2D eigenvalue weighted by Gasteiger charge is 2.13. The number of methoxy groups -OCH3 is 1. The highest BCUT2D eigenvalue weighted by atomic mass is 35.5. The molecule has 1 aromatic carbocycles. The Bertz CT molecular complexity index is 469. The van der Waals surface area contributed by atoms with E-state index in [9.17, 15) is 4.79 Å². The average molecular weight is 268 g/mol. The fourth-order valence-electron chi connectivity index (χ4n) is 1.63. The van der Waals surface area contributed by atoms with Crippen LogP contribution < -0.4 is 9.64 Å². The molecule has 1 rings (SSSR count). The first-order valence-electron chi connectivity index (χ1n) is 5.69. The van der Waals surface area contributed by atoms with E-state index < -0.39 is 0 Å². The van der Waals surface area contributed by atoms with Gasteiger partial charge in [0.2, 0.25) is 6.41 Å². The second-order valence-electron chi connectivity index (χ2n) is 4.16. The quantitative estimate of drug-likeness (QED) is 0.604. The van der Waals surface area contributed by atoms with Gasteiger partial charge in [0.05, 0.1) is 12.8 Å². The van der Waals surface area contributed by atoms with Crippen LogP contribution in [0.1, 0.15) is 19.4 Å². The Kier molecular flexibility index (Phi) is 5.23. The second kappa shape index (κ2) is 6.45. The monoisotopic (exact) mass is 267 g/mol. The maximum absolute atomic E-state index is 10.9. The maximum Gasteiger partial charge on any atom is 0.213 e. The van der Waals surface area contributed by atoms with Gasteiger partial charge in [0.25, 0.3) is 0 Å². The molecule has 0 aliphatic heterocycles. The van der Waals surface area contributed by atoms with Crippen molar-refractivity contribution in [2.24, 2.45) is 0 Å². The van der Waals surface area contributed by atoms with E-state index in [-0.39, 0.29) is 0 Å². The largest absolute Gasteiger partial charge is 0.495 e. The number of amides is 1. The summed E-state index contributed by atoms with van der Waals surface area (Å²) in [5, 5.41) is 0.453. The summed E-state index contributed by atoms with van der Waals surface area (Å²) in [5.74, 6) is 0.585. The summed E-state index contributed by atoms with van der Waals surface area (Å²) in [4.78, 5) is 12.3. The molecule has 0 aliphatic rings. The Morgan fingerprint density at radius 3 is 2.67 bits per heavy atom. The van der Waals surface area contributed by atoms with Crippen LogP contribution in [0.5, 0.6) is 5.75 Å². The normalized spacial score (nSPS) is 11.3. The van der Waals surface area contributed by atoms with E-state index in [1.165, 1.54) is 10.5 Å². The lowest BCUT2D eigenvalue weighted by Gasteiger charge is -2.17. The molecule has 0 saturated carbocycles. The average Bonchev–Trinajstić information content (AvgIpc) is 2.39. The van der Waals surface area contributed by atoms with Crippen LogP contribution in [0.2, 0.25) is 5.02 Å². The van der Waals surface area contributed by atoms with Crippen LogP contribution in [-0.2, 0) is 11.2 Å². The van der Waals surface area contributed by atoms with Crippen molar-refractivity contribution in [2.75, 3.05) is 19.1 Å². The highest BCUT2D eigenvalue weighted by molar-refractivity contribution is 6.35. The fraction of sp³-hybridized carbons (Fsp3) is 0.357. The summed E-state index contributed by atoms with van der Waals surface area (Å²) in [6, 6.07) is 3.81. The minimum absolute atomic E-state index is 0.453. The summed E-state index contributed by atoms with van der Waals surface area (Å²) in [6.45, 7) is 4.06. The predicted octanol–water partition coefficient (Wildman–Crippen LogP) is 3.45. The van der Waals surface area contributed by atoms with Crippen LogP contribution >= 0.6 is 11.6 Å². The number of hydrogen-bond donors (Lipinski definition) is 0. The van der Waals surface area contributed by atoms with Crippen LogP contribution in [0.3, 0.4) is 0 Å². The molecule has 0 radical (unpaired) electrons.